The molecule has 0 saturated heterocycles. The third kappa shape index (κ3) is 5.91. The predicted molar refractivity (Wildman–Crippen MR) is 179 cm³/mol. The molecule has 0 aliphatic rings. The van der Waals surface area contributed by atoms with E-state index in [2.05, 4.69) is 15.1 Å². The van der Waals surface area contributed by atoms with Crippen LogP contribution < -0.4 is 5.43 Å². The Bertz CT molecular complexity index is 2030. The normalized spacial score (nSPS) is 11.2. The number of amides is 1. The maximum Gasteiger partial charge on any atom is 0.272 e. The molecule has 2 heterocycles. The first-order valence-electron chi connectivity index (χ1n) is 14.2. The quantitative estimate of drug-likeness (QED) is 0.106. The largest absolute Gasteiger partial charge is 0.318 e. The molecule has 0 aliphatic heterocycles. The van der Waals surface area contributed by atoms with Crippen LogP contribution in [0.5, 0.6) is 0 Å². The van der Waals surface area contributed by atoms with Crippen LogP contribution >= 0.6 is 11.6 Å². The Kier molecular flexibility index (Phi) is 8.14. The highest BCUT2D eigenvalue weighted by molar-refractivity contribution is 6.34. The Hall–Kier alpha value is -5.73. The zero-order valence-electron chi connectivity index (χ0n) is 24.5. The first-order chi connectivity index (χ1) is 21.8. The van der Waals surface area contributed by atoms with Crippen LogP contribution in [0.3, 0.4) is 0 Å². The smallest absolute Gasteiger partial charge is 0.272 e. The van der Waals surface area contributed by atoms with Gasteiger partial charge in [0.15, 0.2) is 0 Å². The molecule has 222 valence electrons. The average molecular weight is 614 g/mol. The van der Waals surface area contributed by atoms with Crippen molar-refractivity contribution >= 4 is 29.4 Å². The van der Waals surface area contributed by atoms with Crippen molar-refractivity contribution in [2.75, 3.05) is 0 Å². The number of nitrogens with zero attached hydrogens (tertiary/aromatic N) is 4. The van der Waals surface area contributed by atoms with Gasteiger partial charge in [-0.05, 0) is 73.5 Å². The molecule has 45 heavy (non-hydrogen) atoms. The minimum Gasteiger partial charge on any atom is -0.318 e. The number of aryl methyl sites for hydroxylation is 2. The lowest BCUT2D eigenvalue weighted by molar-refractivity contribution is -0.384. The minimum atomic E-state index is -0.442. The molecule has 0 unspecified atom stereocenters. The highest BCUT2D eigenvalue weighted by Crippen LogP contribution is 2.36. The van der Waals surface area contributed by atoms with Gasteiger partial charge in [-0.2, -0.15) is 5.10 Å². The van der Waals surface area contributed by atoms with Crippen LogP contribution in [0, 0.1) is 24.0 Å². The van der Waals surface area contributed by atoms with Crippen LogP contribution in [0.15, 0.2) is 126 Å². The van der Waals surface area contributed by atoms with Crippen LogP contribution in [-0.4, -0.2) is 26.2 Å². The standard InChI is InChI=1S/C36H28ClN5O3/c1-24-13-14-25(2)40(24)31-19-20-32(33(37)22-31)36(43)39-38-23-28-21-34(26-9-5-3-6-10-26)41(35(28)27-11-7-4-8-12-27)29-15-17-30(18-16-29)42(44)45/h3-23H,1-2H3,(H,39,43)/b38-23-. The van der Waals surface area contributed by atoms with E-state index in [9.17, 15) is 14.9 Å². The van der Waals surface area contributed by atoms with Crippen molar-refractivity contribution in [1.29, 1.82) is 0 Å². The van der Waals surface area contributed by atoms with Gasteiger partial charge in [0.1, 0.15) is 0 Å². The Labute approximate surface area is 265 Å². The molecule has 0 fully saturated rings. The first-order valence-corrected chi connectivity index (χ1v) is 14.6. The van der Waals surface area contributed by atoms with Crippen molar-refractivity contribution in [3.8, 4) is 33.9 Å². The van der Waals surface area contributed by atoms with Crippen LogP contribution in [0.1, 0.15) is 27.3 Å². The van der Waals surface area contributed by atoms with Crippen LogP contribution in [-0.2, 0) is 0 Å². The lowest BCUT2D eigenvalue weighted by Crippen LogP contribution is -2.18. The summed E-state index contributed by atoms with van der Waals surface area (Å²) in [4.78, 5) is 24.1. The topological polar surface area (TPSA) is 94.5 Å². The summed E-state index contributed by atoms with van der Waals surface area (Å²) in [5.41, 5.74) is 10.9. The second-order valence-corrected chi connectivity index (χ2v) is 10.9. The Morgan fingerprint density at radius 2 is 1.38 bits per heavy atom. The summed E-state index contributed by atoms with van der Waals surface area (Å²) < 4.78 is 4.11. The first kappa shape index (κ1) is 29.3. The molecule has 9 heteroatoms. The van der Waals surface area contributed by atoms with Gasteiger partial charge in [-0.3, -0.25) is 14.9 Å². The summed E-state index contributed by atoms with van der Waals surface area (Å²) in [7, 11) is 0. The van der Waals surface area contributed by atoms with Gasteiger partial charge < -0.3 is 9.13 Å². The zero-order valence-corrected chi connectivity index (χ0v) is 25.3. The molecular formula is C36H28ClN5O3. The Morgan fingerprint density at radius 1 is 0.778 bits per heavy atom. The van der Waals surface area contributed by atoms with E-state index in [1.54, 1.807) is 30.5 Å². The molecule has 2 aromatic heterocycles. The molecule has 6 rings (SSSR count). The molecule has 6 aromatic rings. The third-order valence-electron chi connectivity index (χ3n) is 7.56. The van der Waals surface area contributed by atoms with Gasteiger partial charge in [-0.25, -0.2) is 5.43 Å². The number of aromatic nitrogens is 2. The van der Waals surface area contributed by atoms with Gasteiger partial charge in [0.05, 0.1) is 33.1 Å². The van der Waals surface area contributed by atoms with Crippen LogP contribution in [0.4, 0.5) is 5.69 Å². The van der Waals surface area contributed by atoms with Gasteiger partial charge in [0.2, 0.25) is 0 Å². The molecule has 0 spiro atoms. The Balaban J connectivity index is 1.39. The van der Waals surface area contributed by atoms with E-state index in [1.807, 2.05) is 103 Å². The minimum absolute atomic E-state index is 0.00301. The number of carbonyl (C=O) groups excluding carboxylic acids is 1. The van der Waals surface area contributed by atoms with Gasteiger partial charge >= 0.3 is 0 Å². The van der Waals surface area contributed by atoms with E-state index in [1.165, 1.54) is 12.1 Å². The van der Waals surface area contributed by atoms with E-state index in [4.69, 9.17) is 11.6 Å². The number of hydrazone groups is 1. The van der Waals surface area contributed by atoms with E-state index < -0.39 is 10.8 Å². The van der Waals surface area contributed by atoms with E-state index in [0.717, 1.165) is 50.8 Å². The highest BCUT2D eigenvalue weighted by Gasteiger charge is 2.20. The average Bonchev–Trinajstić information content (AvgIpc) is 3.60. The van der Waals surface area contributed by atoms with Gasteiger partial charge in [-0.1, -0.05) is 72.3 Å². The fourth-order valence-electron chi connectivity index (χ4n) is 5.46. The van der Waals surface area contributed by atoms with Crippen molar-refractivity contribution < 1.29 is 9.72 Å². The number of halogens is 1. The van der Waals surface area contributed by atoms with Crippen LogP contribution in [0.25, 0.3) is 33.9 Å². The van der Waals surface area contributed by atoms with E-state index in [0.29, 0.717) is 10.6 Å². The summed E-state index contributed by atoms with van der Waals surface area (Å²) in [6, 6.07) is 37.4. The molecule has 1 N–H and O–H groups in total. The van der Waals surface area contributed by atoms with Crippen LogP contribution in [0.2, 0.25) is 5.02 Å². The second-order valence-electron chi connectivity index (χ2n) is 10.5. The zero-order chi connectivity index (χ0) is 31.5. The molecule has 4 aromatic carbocycles. The third-order valence-corrected chi connectivity index (χ3v) is 7.87. The second kappa shape index (κ2) is 12.5. The SMILES string of the molecule is Cc1ccc(C)n1-c1ccc(C(=O)N/N=C\c2cc(-c3ccccc3)n(-c3ccc([N+](=O)[O-])cc3)c2-c2ccccc2)c(Cl)c1. The van der Waals surface area contributed by atoms with Gasteiger partial charge in [0, 0.05) is 40.5 Å². The van der Waals surface area contributed by atoms with Crippen molar-refractivity contribution in [2.45, 2.75) is 13.8 Å². The number of nitro groups is 1. The van der Waals surface area contributed by atoms with Crippen molar-refractivity contribution in [3.05, 3.63) is 159 Å². The number of non-ortho nitro benzene ring substituents is 1. The predicted octanol–water partition coefficient (Wildman–Crippen LogP) is 8.54. The molecule has 1 amide bonds. The summed E-state index contributed by atoms with van der Waals surface area (Å²) in [6.07, 6.45) is 1.60. The summed E-state index contributed by atoms with van der Waals surface area (Å²) in [5, 5.41) is 16.0. The molecular weight excluding hydrogens is 586 g/mol. The maximum absolute atomic E-state index is 13.2. The van der Waals surface area contributed by atoms with E-state index >= 15 is 0 Å². The summed E-state index contributed by atoms with van der Waals surface area (Å²) >= 11 is 6.57. The molecule has 8 nitrogen and oxygen atoms in total. The maximum atomic E-state index is 13.2. The molecule has 0 radical (unpaired) electrons. The number of nitro benzene ring substituents is 1. The lowest BCUT2D eigenvalue weighted by Gasteiger charge is -2.15. The van der Waals surface area contributed by atoms with Crippen molar-refractivity contribution in [1.82, 2.24) is 14.6 Å². The number of carbonyl (C=O) groups is 1. The fourth-order valence-corrected chi connectivity index (χ4v) is 5.72. The lowest BCUT2D eigenvalue weighted by atomic mass is 10.1. The number of rotatable bonds is 8. The molecule has 0 saturated carbocycles. The van der Waals surface area contributed by atoms with Crippen molar-refractivity contribution in [3.63, 3.8) is 0 Å². The van der Waals surface area contributed by atoms with E-state index in [-0.39, 0.29) is 5.69 Å². The number of benzene rings is 4. The van der Waals surface area contributed by atoms with Crippen molar-refractivity contribution in [2.24, 2.45) is 5.10 Å². The molecule has 0 atom stereocenters. The number of hydrogen-bond donors (Lipinski definition) is 1. The number of hydrogen-bond acceptors (Lipinski definition) is 4. The van der Waals surface area contributed by atoms with Gasteiger partial charge in [-0.15, -0.1) is 0 Å². The molecule has 0 aliphatic carbocycles. The molecule has 0 bridgehead atoms. The fraction of sp³-hybridized carbons (Fsp3) is 0.0556. The van der Waals surface area contributed by atoms with Gasteiger partial charge in [0.25, 0.3) is 11.6 Å². The highest BCUT2D eigenvalue weighted by atomic mass is 35.5. The summed E-state index contributed by atoms with van der Waals surface area (Å²) in [6.45, 7) is 4.02. The monoisotopic (exact) mass is 613 g/mol. The Morgan fingerprint density at radius 3 is 1.98 bits per heavy atom. The summed E-state index contributed by atoms with van der Waals surface area (Å²) in [5.74, 6) is -0.442. The number of nitrogens with one attached hydrogen (secondary N) is 1.